The van der Waals surface area contributed by atoms with Crippen LogP contribution < -0.4 is 16.0 Å². The summed E-state index contributed by atoms with van der Waals surface area (Å²) in [5, 5.41) is 19.0. The molecule has 1 fully saturated rings. The zero-order chi connectivity index (χ0) is 23.5. The summed E-state index contributed by atoms with van der Waals surface area (Å²) >= 11 is 0. The van der Waals surface area contributed by atoms with Crippen molar-refractivity contribution < 1.29 is 24.0 Å². The van der Waals surface area contributed by atoms with Crippen molar-refractivity contribution in [2.75, 3.05) is 13.1 Å². The molecule has 10 nitrogen and oxygen atoms in total. The number of ether oxygens (including phenoxy) is 1. The van der Waals surface area contributed by atoms with Crippen LogP contribution in [0.15, 0.2) is 30.3 Å². The molecule has 3 atom stereocenters. The van der Waals surface area contributed by atoms with Crippen molar-refractivity contribution in [3.63, 3.8) is 0 Å². The number of nitro groups is 1. The molecule has 2 rings (SSSR count). The van der Waals surface area contributed by atoms with E-state index < -0.39 is 29.0 Å². The highest BCUT2D eigenvalue weighted by atomic mass is 16.6. The largest absolute Gasteiger partial charge is 0.445 e. The molecule has 0 saturated carbocycles. The SMILES string of the molecule is CC(C)C[C@H](NC(=O)OCc1ccccc1)C(=O)N[C@H](CC[N+](=O)[O-])C[C@H]1CCNC1=O. The van der Waals surface area contributed by atoms with Gasteiger partial charge in [-0.05, 0) is 30.7 Å². The highest BCUT2D eigenvalue weighted by Gasteiger charge is 2.30. The third-order valence-corrected chi connectivity index (χ3v) is 5.27. The fraction of sp³-hybridized carbons (Fsp3) is 0.591. The number of amides is 3. The molecule has 3 amide bonds. The van der Waals surface area contributed by atoms with Crippen LogP contribution in [0.5, 0.6) is 0 Å². The molecule has 0 unspecified atom stereocenters. The maximum absolute atomic E-state index is 12.9. The van der Waals surface area contributed by atoms with E-state index in [2.05, 4.69) is 16.0 Å². The molecule has 1 aromatic rings. The second kappa shape index (κ2) is 12.6. The molecule has 0 bridgehead atoms. The number of alkyl carbamates (subject to hydrolysis) is 1. The first-order valence-corrected chi connectivity index (χ1v) is 10.9. The summed E-state index contributed by atoms with van der Waals surface area (Å²) in [6, 6.07) is 7.78. The summed E-state index contributed by atoms with van der Waals surface area (Å²) in [7, 11) is 0. The van der Waals surface area contributed by atoms with E-state index in [0.29, 0.717) is 25.8 Å². The summed E-state index contributed by atoms with van der Waals surface area (Å²) in [5.41, 5.74) is 0.821. The highest BCUT2D eigenvalue weighted by Crippen LogP contribution is 2.18. The topological polar surface area (TPSA) is 140 Å². The smallest absolute Gasteiger partial charge is 0.408 e. The molecule has 10 heteroatoms. The summed E-state index contributed by atoms with van der Waals surface area (Å²) < 4.78 is 5.22. The lowest BCUT2D eigenvalue weighted by molar-refractivity contribution is -0.481. The molecule has 1 saturated heterocycles. The second-order valence-electron chi connectivity index (χ2n) is 8.45. The molecule has 32 heavy (non-hydrogen) atoms. The Morgan fingerprint density at radius 1 is 1.25 bits per heavy atom. The highest BCUT2D eigenvalue weighted by molar-refractivity contribution is 5.86. The van der Waals surface area contributed by atoms with Gasteiger partial charge in [0.15, 0.2) is 0 Å². The number of nitrogens with one attached hydrogen (secondary N) is 3. The predicted octanol–water partition coefficient (Wildman–Crippen LogP) is 2.01. The third-order valence-electron chi connectivity index (χ3n) is 5.27. The van der Waals surface area contributed by atoms with E-state index in [9.17, 15) is 24.5 Å². The minimum atomic E-state index is -0.853. The van der Waals surface area contributed by atoms with Gasteiger partial charge in [-0.25, -0.2) is 4.79 Å². The quantitative estimate of drug-likeness (QED) is 0.330. The van der Waals surface area contributed by atoms with Crippen LogP contribution in [0.2, 0.25) is 0 Å². The molecule has 0 aliphatic carbocycles. The Labute approximate surface area is 187 Å². The second-order valence-corrected chi connectivity index (χ2v) is 8.45. The van der Waals surface area contributed by atoms with Gasteiger partial charge in [-0.15, -0.1) is 0 Å². The average Bonchev–Trinajstić information content (AvgIpc) is 3.14. The van der Waals surface area contributed by atoms with Crippen molar-refractivity contribution in [1.29, 1.82) is 0 Å². The summed E-state index contributed by atoms with van der Waals surface area (Å²) in [4.78, 5) is 47.5. The molecular weight excluding hydrogens is 416 g/mol. The van der Waals surface area contributed by atoms with Gasteiger partial charge in [0, 0.05) is 29.8 Å². The number of rotatable bonds is 12. The fourth-order valence-electron chi connectivity index (χ4n) is 3.64. The molecule has 1 aliphatic rings. The predicted molar refractivity (Wildman–Crippen MR) is 117 cm³/mol. The van der Waals surface area contributed by atoms with E-state index in [4.69, 9.17) is 4.74 Å². The third kappa shape index (κ3) is 8.91. The van der Waals surface area contributed by atoms with Crippen molar-refractivity contribution in [1.82, 2.24) is 16.0 Å². The Morgan fingerprint density at radius 2 is 1.97 bits per heavy atom. The maximum Gasteiger partial charge on any atom is 0.408 e. The van der Waals surface area contributed by atoms with Crippen LogP contribution in [0.25, 0.3) is 0 Å². The van der Waals surface area contributed by atoms with Gasteiger partial charge in [0.25, 0.3) is 0 Å². The van der Waals surface area contributed by atoms with Crippen LogP contribution >= 0.6 is 0 Å². The molecule has 1 aromatic carbocycles. The number of carbonyl (C=O) groups is 3. The van der Waals surface area contributed by atoms with E-state index in [-0.39, 0.29) is 37.3 Å². The molecule has 1 heterocycles. The van der Waals surface area contributed by atoms with Crippen molar-refractivity contribution >= 4 is 17.9 Å². The lowest BCUT2D eigenvalue weighted by Crippen LogP contribution is -2.51. The average molecular weight is 449 g/mol. The van der Waals surface area contributed by atoms with E-state index in [1.54, 1.807) is 0 Å². The lowest BCUT2D eigenvalue weighted by atomic mass is 9.95. The first-order valence-electron chi connectivity index (χ1n) is 10.9. The summed E-state index contributed by atoms with van der Waals surface area (Å²) in [5.74, 6) is -0.730. The van der Waals surface area contributed by atoms with Gasteiger partial charge < -0.3 is 20.7 Å². The Morgan fingerprint density at radius 3 is 2.56 bits per heavy atom. The Balaban J connectivity index is 1.97. The monoisotopic (exact) mass is 448 g/mol. The first kappa shape index (κ1) is 25.1. The normalized spacial score (nSPS) is 17.3. The van der Waals surface area contributed by atoms with Crippen LogP contribution in [-0.4, -0.2) is 48.0 Å². The molecule has 3 N–H and O–H groups in total. The van der Waals surface area contributed by atoms with E-state index in [0.717, 1.165) is 5.56 Å². The molecule has 0 aromatic heterocycles. The van der Waals surface area contributed by atoms with Crippen molar-refractivity contribution in [2.45, 2.75) is 58.2 Å². The van der Waals surface area contributed by atoms with Crippen molar-refractivity contribution in [2.24, 2.45) is 11.8 Å². The van der Waals surface area contributed by atoms with Gasteiger partial charge in [0.1, 0.15) is 12.6 Å². The molecule has 1 aliphatic heterocycles. The maximum atomic E-state index is 12.9. The van der Waals surface area contributed by atoms with Crippen LogP contribution in [0.3, 0.4) is 0 Å². The molecule has 176 valence electrons. The van der Waals surface area contributed by atoms with E-state index >= 15 is 0 Å². The fourth-order valence-corrected chi connectivity index (χ4v) is 3.64. The van der Waals surface area contributed by atoms with Gasteiger partial charge in [0.2, 0.25) is 18.4 Å². The van der Waals surface area contributed by atoms with Crippen LogP contribution in [-0.2, 0) is 20.9 Å². The van der Waals surface area contributed by atoms with Crippen LogP contribution in [0, 0.1) is 22.0 Å². The zero-order valence-corrected chi connectivity index (χ0v) is 18.5. The lowest BCUT2D eigenvalue weighted by Gasteiger charge is -2.25. The number of benzene rings is 1. The van der Waals surface area contributed by atoms with Crippen molar-refractivity contribution in [3.05, 3.63) is 46.0 Å². The number of carbonyl (C=O) groups excluding carboxylic acids is 3. The van der Waals surface area contributed by atoms with Gasteiger partial charge in [-0.2, -0.15) is 0 Å². The molecular formula is C22H32N4O6. The van der Waals surface area contributed by atoms with Crippen molar-refractivity contribution in [3.8, 4) is 0 Å². The van der Waals surface area contributed by atoms with Crippen LogP contribution in [0.1, 0.15) is 45.1 Å². The molecule has 0 radical (unpaired) electrons. The van der Waals surface area contributed by atoms with Gasteiger partial charge >= 0.3 is 6.09 Å². The minimum Gasteiger partial charge on any atom is -0.445 e. The summed E-state index contributed by atoms with van der Waals surface area (Å²) in [6.45, 7) is 4.16. The van der Waals surface area contributed by atoms with Gasteiger partial charge in [0.05, 0.1) is 0 Å². The van der Waals surface area contributed by atoms with E-state index in [1.165, 1.54) is 0 Å². The number of hydrogen-bond donors (Lipinski definition) is 3. The van der Waals surface area contributed by atoms with E-state index in [1.807, 2.05) is 44.2 Å². The molecule has 0 spiro atoms. The minimum absolute atomic E-state index is 0.0743. The Hall–Kier alpha value is -3.17. The van der Waals surface area contributed by atoms with Gasteiger partial charge in [-0.1, -0.05) is 44.2 Å². The number of hydrogen-bond acceptors (Lipinski definition) is 6. The number of nitrogens with zero attached hydrogens (tertiary/aromatic N) is 1. The van der Waals surface area contributed by atoms with Gasteiger partial charge in [-0.3, -0.25) is 19.7 Å². The first-order chi connectivity index (χ1) is 15.2. The summed E-state index contributed by atoms with van der Waals surface area (Å²) in [6.07, 6.45) is 0.709. The standard InChI is InChI=1S/C22H32N4O6/c1-15(2)12-19(25-22(29)32-14-16-6-4-3-5-7-16)21(28)24-18(9-11-26(30)31)13-17-8-10-23-20(17)27/h3-7,15,17-19H,8-14H2,1-2H3,(H,23,27)(H,24,28)(H,25,29)/t17-,18-,19+/m1/s1. The zero-order valence-electron chi connectivity index (χ0n) is 18.5. The van der Waals surface area contributed by atoms with Crippen LogP contribution in [0.4, 0.5) is 4.79 Å². The Kier molecular flexibility index (Phi) is 9.90. The Bertz CT molecular complexity index is 786.